The van der Waals surface area contributed by atoms with Gasteiger partial charge >= 0.3 is 0 Å². The minimum absolute atomic E-state index is 0.0688. The fourth-order valence-electron chi connectivity index (χ4n) is 1.33. The molecule has 0 aromatic heterocycles. The molecule has 1 amide bonds. The highest BCUT2D eigenvalue weighted by Crippen LogP contribution is 2.19. The van der Waals surface area contributed by atoms with Gasteiger partial charge in [0, 0.05) is 12.7 Å². The highest BCUT2D eigenvalue weighted by Gasteiger charge is 2.16. The number of carbonyl (C=O) groups excluding carboxylic acids is 1. The minimum atomic E-state index is -0.146. The van der Waals surface area contributed by atoms with E-state index in [9.17, 15) is 4.79 Å². The zero-order valence-corrected chi connectivity index (χ0v) is 10.2. The Hall–Kier alpha value is -0.830. The van der Waals surface area contributed by atoms with E-state index in [0.29, 0.717) is 0 Å². The van der Waals surface area contributed by atoms with Crippen LogP contribution in [0.3, 0.4) is 0 Å². The van der Waals surface area contributed by atoms with Crippen LogP contribution in [0.15, 0.2) is 24.3 Å². The van der Waals surface area contributed by atoms with Crippen molar-refractivity contribution in [1.29, 1.82) is 0 Å². The molecule has 0 spiro atoms. The second-order valence-corrected chi connectivity index (χ2v) is 4.67. The number of para-hydroxylation sites is 1. The number of carbonyl (C=O) groups is 1. The number of hydrogen-bond donors (Lipinski definition) is 0. The number of alkyl halides is 1. The number of benzene rings is 1. The summed E-state index contributed by atoms with van der Waals surface area (Å²) in [5.41, 5.74) is 2.07. The monoisotopic (exact) mass is 255 g/mol. The molecular weight excluding hydrogens is 242 g/mol. The van der Waals surface area contributed by atoms with Crippen molar-refractivity contribution >= 4 is 27.5 Å². The van der Waals surface area contributed by atoms with Gasteiger partial charge in [0.25, 0.3) is 0 Å². The first kappa shape index (κ1) is 11.2. The summed E-state index contributed by atoms with van der Waals surface area (Å²) in [5, 5.41) is 0. The van der Waals surface area contributed by atoms with Gasteiger partial charge in [-0.1, -0.05) is 34.1 Å². The van der Waals surface area contributed by atoms with Crippen molar-refractivity contribution in [3.8, 4) is 0 Å². The molecule has 2 nitrogen and oxygen atoms in total. The third-order valence-corrected chi connectivity index (χ3v) is 2.54. The van der Waals surface area contributed by atoms with Crippen LogP contribution in [0, 0.1) is 6.92 Å². The molecule has 0 aliphatic rings. The average molecular weight is 256 g/mol. The molecule has 0 saturated heterocycles. The SMILES string of the molecule is Cc1ccccc1N(C)C(=O)C(C)Br. The second-order valence-electron chi connectivity index (χ2n) is 3.30. The smallest absolute Gasteiger partial charge is 0.240 e. The lowest BCUT2D eigenvalue weighted by Crippen LogP contribution is -2.32. The lowest BCUT2D eigenvalue weighted by molar-refractivity contribution is -0.117. The van der Waals surface area contributed by atoms with Crippen LogP contribution in [0.25, 0.3) is 0 Å². The van der Waals surface area contributed by atoms with Gasteiger partial charge in [0.2, 0.25) is 5.91 Å². The molecule has 1 unspecified atom stereocenters. The van der Waals surface area contributed by atoms with Gasteiger partial charge in [-0.3, -0.25) is 4.79 Å². The summed E-state index contributed by atoms with van der Waals surface area (Å²) >= 11 is 3.27. The second kappa shape index (κ2) is 4.60. The molecule has 14 heavy (non-hydrogen) atoms. The molecule has 1 aromatic carbocycles. The zero-order valence-electron chi connectivity index (χ0n) is 8.62. The van der Waals surface area contributed by atoms with E-state index in [4.69, 9.17) is 0 Å². The normalized spacial score (nSPS) is 12.3. The van der Waals surface area contributed by atoms with Crippen molar-refractivity contribution in [2.45, 2.75) is 18.7 Å². The third kappa shape index (κ3) is 2.35. The standard InChI is InChI=1S/C11H14BrNO/c1-8-6-4-5-7-10(8)13(3)11(14)9(2)12/h4-7,9H,1-3H3. The van der Waals surface area contributed by atoms with Crippen LogP contribution in [0.4, 0.5) is 5.69 Å². The Morgan fingerprint density at radius 3 is 2.50 bits per heavy atom. The minimum Gasteiger partial charge on any atom is -0.314 e. The maximum absolute atomic E-state index is 11.7. The maximum atomic E-state index is 11.7. The van der Waals surface area contributed by atoms with Crippen LogP contribution in [-0.2, 0) is 4.79 Å². The zero-order chi connectivity index (χ0) is 10.7. The highest BCUT2D eigenvalue weighted by atomic mass is 79.9. The van der Waals surface area contributed by atoms with Crippen LogP contribution < -0.4 is 4.90 Å². The number of halogens is 1. The first-order valence-corrected chi connectivity index (χ1v) is 5.43. The molecule has 1 rings (SSSR count). The summed E-state index contributed by atoms with van der Waals surface area (Å²) in [6.07, 6.45) is 0. The highest BCUT2D eigenvalue weighted by molar-refractivity contribution is 9.10. The van der Waals surface area contributed by atoms with Gasteiger partial charge < -0.3 is 4.90 Å². The summed E-state index contributed by atoms with van der Waals surface area (Å²) in [7, 11) is 1.79. The van der Waals surface area contributed by atoms with Crippen LogP contribution in [0.2, 0.25) is 0 Å². The number of rotatable bonds is 2. The van der Waals surface area contributed by atoms with Gasteiger partial charge in [0.1, 0.15) is 0 Å². The van der Waals surface area contributed by atoms with Crippen LogP contribution in [0.1, 0.15) is 12.5 Å². The topological polar surface area (TPSA) is 20.3 Å². The van der Waals surface area contributed by atoms with E-state index in [0.717, 1.165) is 11.3 Å². The predicted molar refractivity (Wildman–Crippen MR) is 63.0 cm³/mol. The largest absolute Gasteiger partial charge is 0.314 e. The lowest BCUT2D eigenvalue weighted by Gasteiger charge is -2.20. The van der Waals surface area contributed by atoms with Crippen molar-refractivity contribution in [1.82, 2.24) is 0 Å². The Kier molecular flexibility index (Phi) is 3.69. The first-order chi connectivity index (χ1) is 6.54. The molecule has 0 radical (unpaired) electrons. The molecule has 1 atom stereocenters. The number of aryl methyl sites for hydroxylation is 1. The molecule has 0 bridgehead atoms. The number of hydrogen-bond acceptors (Lipinski definition) is 1. The first-order valence-electron chi connectivity index (χ1n) is 4.51. The van der Waals surface area contributed by atoms with E-state index in [2.05, 4.69) is 15.9 Å². The molecule has 76 valence electrons. The summed E-state index contributed by atoms with van der Waals surface area (Å²) in [4.78, 5) is 13.2. The lowest BCUT2D eigenvalue weighted by atomic mass is 10.2. The van der Waals surface area contributed by atoms with Gasteiger partial charge in [-0.2, -0.15) is 0 Å². The molecule has 0 heterocycles. The molecule has 0 N–H and O–H groups in total. The van der Waals surface area contributed by atoms with E-state index in [-0.39, 0.29) is 10.7 Å². The molecule has 3 heteroatoms. The molecule has 0 aliphatic carbocycles. The Labute approximate surface area is 93.0 Å². The summed E-state index contributed by atoms with van der Waals surface area (Å²) in [6, 6.07) is 7.85. The molecule has 1 aromatic rings. The fourth-order valence-corrected chi connectivity index (χ4v) is 1.63. The molecular formula is C11H14BrNO. The Morgan fingerprint density at radius 2 is 2.00 bits per heavy atom. The summed E-state index contributed by atoms with van der Waals surface area (Å²) < 4.78 is 0. The average Bonchev–Trinajstić information content (AvgIpc) is 2.16. The van der Waals surface area contributed by atoms with E-state index < -0.39 is 0 Å². The van der Waals surface area contributed by atoms with Gasteiger partial charge in [0.15, 0.2) is 0 Å². The quantitative estimate of drug-likeness (QED) is 0.745. The molecule has 0 aliphatic heterocycles. The Bertz CT molecular complexity index is 336. The van der Waals surface area contributed by atoms with E-state index >= 15 is 0 Å². The number of amides is 1. The number of anilines is 1. The van der Waals surface area contributed by atoms with Crippen molar-refractivity contribution < 1.29 is 4.79 Å². The summed E-state index contributed by atoms with van der Waals surface area (Å²) in [5.74, 6) is 0.0688. The van der Waals surface area contributed by atoms with E-state index in [1.54, 1.807) is 11.9 Å². The van der Waals surface area contributed by atoms with Crippen molar-refractivity contribution in [2.75, 3.05) is 11.9 Å². The maximum Gasteiger partial charge on any atom is 0.240 e. The van der Waals surface area contributed by atoms with Crippen molar-refractivity contribution in [2.24, 2.45) is 0 Å². The summed E-state index contributed by atoms with van der Waals surface area (Å²) in [6.45, 7) is 3.83. The molecule has 0 saturated carbocycles. The predicted octanol–water partition coefficient (Wildman–Crippen LogP) is 2.74. The van der Waals surface area contributed by atoms with Gasteiger partial charge in [-0.15, -0.1) is 0 Å². The van der Waals surface area contributed by atoms with E-state index in [1.165, 1.54) is 0 Å². The van der Waals surface area contributed by atoms with Crippen molar-refractivity contribution in [3.05, 3.63) is 29.8 Å². The Balaban J connectivity index is 2.95. The van der Waals surface area contributed by atoms with Crippen LogP contribution in [0.5, 0.6) is 0 Å². The van der Waals surface area contributed by atoms with E-state index in [1.807, 2.05) is 38.1 Å². The Morgan fingerprint density at radius 1 is 1.43 bits per heavy atom. The van der Waals surface area contributed by atoms with Gasteiger partial charge in [0.05, 0.1) is 4.83 Å². The third-order valence-electron chi connectivity index (χ3n) is 2.15. The number of nitrogens with zero attached hydrogens (tertiary/aromatic N) is 1. The van der Waals surface area contributed by atoms with Gasteiger partial charge in [-0.05, 0) is 25.5 Å². The van der Waals surface area contributed by atoms with Gasteiger partial charge in [-0.25, -0.2) is 0 Å². The van der Waals surface area contributed by atoms with Crippen LogP contribution >= 0.6 is 15.9 Å². The fraction of sp³-hybridized carbons (Fsp3) is 0.364. The van der Waals surface area contributed by atoms with Crippen molar-refractivity contribution in [3.63, 3.8) is 0 Å². The molecule has 0 fully saturated rings. The van der Waals surface area contributed by atoms with Crippen LogP contribution in [-0.4, -0.2) is 17.8 Å².